The highest BCUT2D eigenvalue weighted by Gasteiger charge is 2.25. The van der Waals surface area contributed by atoms with Gasteiger partial charge in [0.1, 0.15) is 0 Å². The second-order valence-electron chi connectivity index (χ2n) is 4.35. The van der Waals surface area contributed by atoms with Crippen molar-refractivity contribution < 1.29 is 4.57 Å². The quantitative estimate of drug-likeness (QED) is 0.468. The Kier molecular flexibility index (Phi) is 5.09. The molecule has 0 radical (unpaired) electrons. The van der Waals surface area contributed by atoms with E-state index in [1.165, 1.54) is 44.9 Å². The van der Waals surface area contributed by atoms with E-state index in [4.69, 9.17) is 0 Å². The van der Waals surface area contributed by atoms with Gasteiger partial charge in [-0.25, -0.2) is 0 Å². The van der Waals surface area contributed by atoms with Crippen LogP contribution in [0.3, 0.4) is 0 Å². The molecular weight excluding hydrogens is 179 g/mol. The van der Waals surface area contributed by atoms with Crippen LogP contribution in [-0.4, -0.2) is 18.5 Å². The first-order valence-corrected chi connectivity index (χ1v) is 8.10. The lowest BCUT2D eigenvalue weighted by Crippen LogP contribution is -1.91. The molecule has 1 fully saturated rings. The fourth-order valence-corrected chi connectivity index (χ4v) is 5.21. The maximum absolute atomic E-state index is 12.0. The number of hydrogen-bond acceptors (Lipinski definition) is 1. The lowest BCUT2D eigenvalue weighted by atomic mass is 10.2. The van der Waals surface area contributed by atoms with E-state index >= 15 is 0 Å². The molecule has 0 saturated carbocycles. The molecule has 1 rings (SSSR count). The first-order chi connectivity index (χ1) is 6.27. The maximum Gasteiger partial charge on any atom is 0.0877 e. The van der Waals surface area contributed by atoms with E-state index < -0.39 is 7.14 Å². The highest BCUT2D eigenvalue weighted by atomic mass is 31.2. The summed E-state index contributed by atoms with van der Waals surface area (Å²) in [6, 6.07) is 0. The van der Waals surface area contributed by atoms with Crippen LogP contribution < -0.4 is 0 Å². The molecule has 0 atom stereocenters. The lowest BCUT2D eigenvalue weighted by molar-refractivity contribution is 0.573. The van der Waals surface area contributed by atoms with Crippen LogP contribution in [0.1, 0.15) is 51.9 Å². The van der Waals surface area contributed by atoms with Gasteiger partial charge in [0, 0.05) is 18.5 Å². The minimum absolute atomic E-state index is 1.05. The summed E-state index contributed by atoms with van der Waals surface area (Å²) in [6.07, 6.45) is 12.1. The third kappa shape index (κ3) is 4.31. The third-order valence-electron chi connectivity index (χ3n) is 3.05. The topological polar surface area (TPSA) is 17.1 Å². The van der Waals surface area contributed by atoms with Crippen molar-refractivity contribution in [1.82, 2.24) is 0 Å². The fourth-order valence-electron chi connectivity index (χ4n) is 2.14. The Morgan fingerprint density at radius 1 is 1.00 bits per heavy atom. The molecule has 0 aromatic carbocycles. The first-order valence-electron chi connectivity index (χ1n) is 5.84. The van der Waals surface area contributed by atoms with Crippen LogP contribution in [0, 0.1) is 0 Å². The summed E-state index contributed by atoms with van der Waals surface area (Å²) < 4.78 is 12.0. The van der Waals surface area contributed by atoms with E-state index in [2.05, 4.69) is 6.92 Å². The Labute approximate surface area is 82.7 Å². The van der Waals surface area contributed by atoms with Crippen LogP contribution in [0.2, 0.25) is 0 Å². The van der Waals surface area contributed by atoms with Crippen molar-refractivity contribution in [3.8, 4) is 0 Å². The molecule has 0 bridgehead atoms. The molecule has 0 N–H and O–H groups in total. The smallest absolute Gasteiger partial charge is 0.0877 e. The second-order valence-corrected chi connectivity index (χ2v) is 7.81. The van der Waals surface area contributed by atoms with Crippen molar-refractivity contribution in [2.24, 2.45) is 0 Å². The van der Waals surface area contributed by atoms with Crippen molar-refractivity contribution in [1.29, 1.82) is 0 Å². The zero-order valence-corrected chi connectivity index (χ0v) is 9.82. The van der Waals surface area contributed by atoms with Gasteiger partial charge in [0.05, 0.1) is 7.14 Å². The number of unbranched alkanes of at least 4 members (excludes halogenated alkanes) is 4. The zero-order valence-electron chi connectivity index (χ0n) is 8.93. The van der Waals surface area contributed by atoms with Gasteiger partial charge >= 0.3 is 0 Å². The molecule has 1 heterocycles. The minimum atomic E-state index is -1.62. The lowest BCUT2D eigenvalue weighted by Gasteiger charge is -2.09. The van der Waals surface area contributed by atoms with Crippen molar-refractivity contribution in [2.75, 3.05) is 18.5 Å². The minimum Gasteiger partial charge on any atom is -0.324 e. The predicted molar refractivity (Wildman–Crippen MR) is 60.2 cm³/mol. The van der Waals surface area contributed by atoms with Crippen LogP contribution >= 0.6 is 7.14 Å². The van der Waals surface area contributed by atoms with Gasteiger partial charge in [0.15, 0.2) is 0 Å². The average Bonchev–Trinajstić information content (AvgIpc) is 2.53. The molecule has 0 aromatic rings. The summed E-state index contributed by atoms with van der Waals surface area (Å²) in [5.41, 5.74) is 0. The summed E-state index contributed by atoms with van der Waals surface area (Å²) >= 11 is 0. The number of hydrogen-bond donors (Lipinski definition) is 0. The molecule has 2 heteroatoms. The van der Waals surface area contributed by atoms with Gasteiger partial charge in [-0.1, -0.05) is 32.6 Å². The van der Waals surface area contributed by atoms with Gasteiger partial charge < -0.3 is 4.57 Å². The van der Waals surface area contributed by atoms with Gasteiger partial charge in [0.25, 0.3) is 0 Å². The summed E-state index contributed by atoms with van der Waals surface area (Å²) in [7, 11) is -1.62. The van der Waals surface area contributed by atoms with Crippen molar-refractivity contribution in [3.05, 3.63) is 0 Å². The highest BCUT2D eigenvalue weighted by Crippen LogP contribution is 2.52. The van der Waals surface area contributed by atoms with Crippen LogP contribution in [0.5, 0.6) is 0 Å². The molecule has 1 saturated heterocycles. The van der Waals surface area contributed by atoms with Gasteiger partial charge in [-0.05, 0) is 19.3 Å². The Bertz CT molecular complexity index is 167. The molecule has 0 aliphatic carbocycles. The Hall–Kier alpha value is 0.230. The molecule has 78 valence electrons. The third-order valence-corrected chi connectivity index (χ3v) is 6.44. The largest absolute Gasteiger partial charge is 0.324 e. The Morgan fingerprint density at radius 3 is 2.23 bits per heavy atom. The Morgan fingerprint density at radius 2 is 1.62 bits per heavy atom. The summed E-state index contributed by atoms with van der Waals surface area (Å²) in [6.45, 7) is 2.24. The summed E-state index contributed by atoms with van der Waals surface area (Å²) in [5, 5.41) is 0. The molecule has 1 aliphatic rings. The number of rotatable bonds is 6. The molecule has 0 spiro atoms. The van der Waals surface area contributed by atoms with Gasteiger partial charge in [0.2, 0.25) is 0 Å². The monoisotopic (exact) mass is 202 g/mol. The molecule has 1 aliphatic heterocycles. The van der Waals surface area contributed by atoms with E-state index in [9.17, 15) is 4.57 Å². The van der Waals surface area contributed by atoms with Crippen molar-refractivity contribution in [3.63, 3.8) is 0 Å². The van der Waals surface area contributed by atoms with Crippen molar-refractivity contribution in [2.45, 2.75) is 51.9 Å². The second kappa shape index (κ2) is 5.86. The molecule has 0 unspecified atom stereocenters. The van der Waals surface area contributed by atoms with E-state index in [0.717, 1.165) is 18.5 Å². The molecule has 0 aromatic heterocycles. The first kappa shape index (κ1) is 11.3. The fraction of sp³-hybridized carbons (Fsp3) is 1.00. The highest BCUT2D eigenvalue weighted by molar-refractivity contribution is 7.64. The molecule has 0 amide bonds. The van der Waals surface area contributed by atoms with E-state index in [-0.39, 0.29) is 0 Å². The van der Waals surface area contributed by atoms with Crippen molar-refractivity contribution >= 4 is 7.14 Å². The van der Waals surface area contributed by atoms with E-state index in [1.807, 2.05) is 0 Å². The standard InChI is InChI=1S/C11H23OP/c1-2-3-4-5-6-9-13(12)10-7-8-11-13/h2-11H2,1H3. The molecule has 1 nitrogen and oxygen atoms in total. The maximum atomic E-state index is 12.0. The zero-order chi connectivity index (χ0) is 9.57. The van der Waals surface area contributed by atoms with Crippen LogP contribution in [0.15, 0.2) is 0 Å². The van der Waals surface area contributed by atoms with Crippen LogP contribution in [0.4, 0.5) is 0 Å². The Balaban J connectivity index is 2.01. The van der Waals surface area contributed by atoms with Gasteiger partial charge in [-0.3, -0.25) is 0 Å². The predicted octanol–water partition coefficient (Wildman–Crippen LogP) is 4.11. The van der Waals surface area contributed by atoms with Crippen LogP contribution in [0.25, 0.3) is 0 Å². The summed E-state index contributed by atoms with van der Waals surface area (Å²) in [4.78, 5) is 0. The molecule has 13 heavy (non-hydrogen) atoms. The normalized spacial score (nSPS) is 20.7. The summed E-state index contributed by atoms with van der Waals surface area (Å²) in [5.74, 6) is 0. The van der Waals surface area contributed by atoms with E-state index in [1.54, 1.807) is 0 Å². The average molecular weight is 202 g/mol. The molecular formula is C11H23OP. The van der Waals surface area contributed by atoms with E-state index in [0.29, 0.717) is 0 Å². The van der Waals surface area contributed by atoms with Crippen LogP contribution in [-0.2, 0) is 4.57 Å². The van der Waals surface area contributed by atoms with Gasteiger partial charge in [-0.2, -0.15) is 0 Å². The SMILES string of the molecule is CCCCCCCP1(=O)CCCC1. The van der Waals surface area contributed by atoms with Gasteiger partial charge in [-0.15, -0.1) is 0 Å².